The molecule has 0 N–H and O–H groups in total. The van der Waals surface area contributed by atoms with Crippen LogP contribution in [-0.4, -0.2) is 9.13 Å². The summed E-state index contributed by atoms with van der Waals surface area (Å²) in [5, 5.41) is 42.5. The Balaban J connectivity index is 1.25. The van der Waals surface area contributed by atoms with Crippen LogP contribution in [0.1, 0.15) is 27.8 Å². The smallest absolute Gasteiger partial charge is 0.319 e. The highest BCUT2D eigenvalue weighted by atomic mass is 19.4. The first-order valence-electron chi connectivity index (χ1n) is 25.8. The molecule has 0 unspecified atom stereocenters. The molecule has 0 bridgehead atoms. The minimum Gasteiger partial charge on any atom is -0.319 e. The molecule has 394 valence electrons. The van der Waals surface area contributed by atoms with Gasteiger partial charge in [0.1, 0.15) is 0 Å². The second-order valence-electron chi connectivity index (χ2n) is 19.7. The van der Waals surface area contributed by atoms with E-state index in [2.05, 4.69) is 47.3 Å². The lowest BCUT2D eigenvalue weighted by Gasteiger charge is -2.22. The van der Waals surface area contributed by atoms with Crippen molar-refractivity contribution in [3.05, 3.63) is 272 Å². The van der Waals surface area contributed by atoms with Crippen molar-refractivity contribution in [3.63, 3.8) is 0 Å². The van der Waals surface area contributed by atoms with E-state index in [9.17, 15) is 21.0 Å². The van der Waals surface area contributed by atoms with E-state index in [1.807, 2.05) is 48.5 Å². The van der Waals surface area contributed by atoms with Gasteiger partial charge in [-0.2, -0.15) is 34.2 Å². The molecule has 2 heterocycles. The summed E-state index contributed by atoms with van der Waals surface area (Å²) >= 11 is 0. The fourth-order valence-corrected chi connectivity index (χ4v) is 11.3. The van der Waals surface area contributed by atoms with Crippen LogP contribution in [-0.2, 0) is 6.18 Å². The third-order valence-corrected chi connectivity index (χ3v) is 15.2. The van der Waals surface area contributed by atoms with E-state index in [1.54, 1.807) is 88.0 Å². The summed E-state index contributed by atoms with van der Waals surface area (Å²) in [5.41, 5.74) is 5.83. The minimum atomic E-state index is -5.06. The first kappa shape index (κ1) is 53.1. The molecule has 0 atom stereocenters. The zero-order valence-corrected chi connectivity index (χ0v) is 44.2. The van der Waals surface area contributed by atoms with Crippen LogP contribution in [0.4, 0.5) is 47.3 Å². The normalized spacial score (nSPS) is 10.8. The van der Waals surface area contributed by atoms with Crippen LogP contribution < -0.4 is 0 Å². The number of benzene rings is 10. The number of fused-ring (bicyclic) bond motifs is 6. The average Bonchev–Trinajstić information content (AvgIpc) is 1.62. The number of hydrogen-bond acceptors (Lipinski definition) is 4. The van der Waals surface area contributed by atoms with E-state index in [4.69, 9.17) is 39.4 Å². The molecule has 12 nitrogen and oxygen atoms in total. The zero-order chi connectivity index (χ0) is 60.1. The second-order valence-corrected chi connectivity index (χ2v) is 19.7. The topological polar surface area (TPSA) is 131 Å². The fourth-order valence-electron chi connectivity index (χ4n) is 11.3. The van der Waals surface area contributed by atoms with Gasteiger partial charge in [-0.3, -0.25) is 0 Å². The Morgan fingerprint density at radius 2 is 0.709 bits per heavy atom. The number of aromatic nitrogens is 2. The van der Waals surface area contributed by atoms with Gasteiger partial charge < -0.3 is 9.13 Å². The van der Waals surface area contributed by atoms with Crippen LogP contribution in [0.3, 0.4) is 0 Å². The highest BCUT2D eigenvalue weighted by molar-refractivity contribution is 6.14. The largest absolute Gasteiger partial charge is 0.417 e. The van der Waals surface area contributed by atoms with Crippen LogP contribution >= 0.6 is 0 Å². The molecule has 0 saturated heterocycles. The lowest BCUT2D eigenvalue weighted by Crippen LogP contribution is -2.09. The van der Waals surface area contributed by atoms with Crippen molar-refractivity contribution in [3.8, 4) is 91.3 Å². The molecular weight excluding hydrogens is 1080 g/mol. The number of nitriles is 4. The number of nitrogens with zero attached hydrogens (tertiary/aromatic N) is 12. The van der Waals surface area contributed by atoms with Gasteiger partial charge in [-0.15, -0.1) is 0 Å². The Labute approximate surface area is 488 Å². The molecule has 12 rings (SSSR count). The summed E-state index contributed by atoms with van der Waals surface area (Å²) in [7, 11) is 0. The van der Waals surface area contributed by atoms with E-state index in [-0.39, 0.29) is 78.9 Å². The summed E-state index contributed by atoms with van der Waals surface area (Å²) < 4.78 is 51.5. The molecule has 0 amide bonds. The Kier molecular flexibility index (Phi) is 12.9. The summed E-state index contributed by atoms with van der Waals surface area (Å²) in [6.07, 6.45) is -5.06. The van der Waals surface area contributed by atoms with E-state index in [1.165, 1.54) is 48.5 Å². The highest BCUT2D eigenvalue weighted by Crippen LogP contribution is 2.49. The first-order chi connectivity index (χ1) is 41.8. The Morgan fingerprint density at radius 3 is 1.13 bits per heavy atom. The molecule has 12 aromatic rings. The molecule has 2 aromatic heterocycles. The van der Waals surface area contributed by atoms with Gasteiger partial charge in [0, 0.05) is 49.5 Å². The molecule has 10 aromatic carbocycles. The van der Waals surface area contributed by atoms with Crippen molar-refractivity contribution in [2.24, 2.45) is 0 Å². The van der Waals surface area contributed by atoms with E-state index in [0.29, 0.717) is 88.1 Å². The molecule has 0 aliphatic heterocycles. The molecule has 0 aliphatic carbocycles. The number of hydrogen-bond donors (Lipinski definition) is 0. The van der Waals surface area contributed by atoms with Crippen molar-refractivity contribution < 1.29 is 13.2 Å². The standard InChI is InChI=1S/C71H29F3N12/c1-79-48-14-23-50(47(28-48)39-78)43-10-19-55-56-20-11-44(51-16-7-41(37-76)26-61(51)81-3)30-66(56)85(65(55)29-43)69-35-64(84-6)70(34-59(69)54-18-9-40(36-75)25-60(54)71(72,73)74)86-67-31-45(52-17-8-42(38-77)27-62(52)82-4)12-21-57(67)58-22-13-46(32-68(58)86)53-24-15-49(80-2)33-63(53)83-5/h7-35H. The zero-order valence-electron chi connectivity index (χ0n) is 44.2. The fraction of sp³-hybridized carbons (Fsp3) is 0.0141. The van der Waals surface area contributed by atoms with Gasteiger partial charge in [-0.25, -0.2) is 29.1 Å². The van der Waals surface area contributed by atoms with E-state index >= 15 is 13.2 Å². The van der Waals surface area contributed by atoms with Crippen LogP contribution in [0.15, 0.2) is 176 Å². The molecular formula is C71H29F3N12. The van der Waals surface area contributed by atoms with Crippen molar-refractivity contribution >= 4 is 77.7 Å². The van der Waals surface area contributed by atoms with E-state index < -0.39 is 11.7 Å². The van der Waals surface area contributed by atoms with Crippen molar-refractivity contribution in [1.29, 1.82) is 21.0 Å². The van der Waals surface area contributed by atoms with Crippen LogP contribution in [0.2, 0.25) is 0 Å². The number of rotatable bonds is 7. The number of alkyl halides is 3. The quantitative estimate of drug-likeness (QED) is 0.147. The predicted octanol–water partition coefficient (Wildman–Crippen LogP) is 20.0. The second kappa shape index (κ2) is 20.9. The van der Waals surface area contributed by atoms with Crippen molar-refractivity contribution in [2.75, 3.05) is 0 Å². The molecule has 0 spiro atoms. The lowest BCUT2D eigenvalue weighted by atomic mass is 9.94. The average molecular weight is 1110 g/mol. The maximum atomic E-state index is 16.0. The Hall–Kier alpha value is -13.5. The van der Waals surface area contributed by atoms with Crippen LogP contribution in [0.5, 0.6) is 0 Å². The maximum Gasteiger partial charge on any atom is 0.417 e. The SMILES string of the molecule is [C-]#[N+]c1ccc(-c2ccc3c4ccc(-c5ccc(C#N)cc5[N+]#[C-])cc4n(-c4cc([N+]#[C-])c(-n5c6cc(-c7ccc(C#N)cc7[N+]#[C-])ccc6c6ccc(-c7ccc([N+]#[C-])cc7[N+]#[C-])cc65)cc4-c4ccc(C#N)cc4C(F)(F)F)c3c2)c(C#N)c1. The predicted molar refractivity (Wildman–Crippen MR) is 324 cm³/mol. The maximum absolute atomic E-state index is 16.0. The van der Waals surface area contributed by atoms with Gasteiger partial charge in [0.15, 0.2) is 28.4 Å². The first-order valence-corrected chi connectivity index (χ1v) is 25.8. The third kappa shape index (κ3) is 8.73. The van der Waals surface area contributed by atoms with Crippen molar-refractivity contribution in [2.45, 2.75) is 6.18 Å². The van der Waals surface area contributed by atoms with Crippen LogP contribution in [0.25, 0.3) is 140 Å². The molecule has 15 heteroatoms. The monoisotopic (exact) mass is 1110 g/mol. The number of halogens is 3. The summed E-state index contributed by atoms with van der Waals surface area (Å²) in [6, 6.07) is 55.1. The van der Waals surface area contributed by atoms with Gasteiger partial charge in [-0.1, -0.05) is 97.1 Å². The minimum absolute atomic E-state index is 0.0461. The Morgan fingerprint density at radius 1 is 0.326 bits per heavy atom. The van der Waals surface area contributed by atoms with Crippen molar-refractivity contribution in [1.82, 2.24) is 9.13 Å². The van der Waals surface area contributed by atoms with Gasteiger partial charge >= 0.3 is 6.18 Å². The molecule has 0 fully saturated rings. The van der Waals surface area contributed by atoms with Gasteiger partial charge in [0.2, 0.25) is 5.69 Å². The molecule has 0 radical (unpaired) electrons. The van der Waals surface area contributed by atoms with Gasteiger partial charge in [-0.05, 0) is 129 Å². The highest BCUT2D eigenvalue weighted by Gasteiger charge is 2.36. The van der Waals surface area contributed by atoms with Gasteiger partial charge in [0.05, 0.1) is 103 Å². The summed E-state index contributed by atoms with van der Waals surface area (Å²) in [5.74, 6) is 0. The third-order valence-electron chi connectivity index (χ3n) is 15.2. The van der Waals surface area contributed by atoms with Crippen LogP contribution in [0, 0.1) is 84.8 Å². The Bertz CT molecular complexity index is 5230. The molecule has 86 heavy (non-hydrogen) atoms. The van der Waals surface area contributed by atoms with Gasteiger partial charge in [0.25, 0.3) is 0 Å². The lowest BCUT2D eigenvalue weighted by molar-refractivity contribution is -0.137. The van der Waals surface area contributed by atoms with E-state index in [0.717, 1.165) is 6.07 Å². The molecule has 0 saturated carbocycles. The molecule has 0 aliphatic rings. The summed E-state index contributed by atoms with van der Waals surface area (Å²) in [4.78, 5) is 22.4. The summed E-state index contributed by atoms with van der Waals surface area (Å²) in [6.45, 7) is 48.6.